The minimum absolute atomic E-state index is 0.222. The number of nitrogens with zero attached hydrogens (tertiary/aromatic N) is 1. The minimum atomic E-state index is -0.338. The van der Waals surface area contributed by atoms with E-state index >= 15 is 0 Å². The van der Waals surface area contributed by atoms with Crippen LogP contribution < -0.4 is 10.1 Å². The highest BCUT2D eigenvalue weighted by atomic mass is 32.1. The topological polar surface area (TPSA) is 64.4 Å². The van der Waals surface area contributed by atoms with Crippen molar-refractivity contribution in [2.75, 3.05) is 5.32 Å². The molecule has 0 unspecified atom stereocenters. The van der Waals surface area contributed by atoms with Crippen molar-refractivity contribution in [1.82, 2.24) is 4.98 Å². The molecule has 0 bridgehead atoms. The fraction of sp³-hybridized carbons (Fsp3) is 0.143. The Bertz CT molecular complexity index is 1450. The Hall–Kier alpha value is -3.90. The number of amides is 1. The van der Waals surface area contributed by atoms with Gasteiger partial charge in [0.25, 0.3) is 5.91 Å². The van der Waals surface area contributed by atoms with Crippen molar-refractivity contribution in [1.29, 1.82) is 0 Å². The molecule has 2 heterocycles. The van der Waals surface area contributed by atoms with Gasteiger partial charge in [0.15, 0.2) is 10.9 Å². The van der Waals surface area contributed by atoms with Crippen LogP contribution in [0.2, 0.25) is 0 Å². The lowest BCUT2D eigenvalue weighted by atomic mass is 10.1. The molecule has 2 aromatic heterocycles. The number of fused-ring (bicyclic) bond motifs is 1. The molecule has 0 aliphatic rings. The van der Waals surface area contributed by atoms with Crippen LogP contribution in [0, 0.1) is 13.8 Å². The minimum Gasteiger partial charge on any atom is -0.489 e. The Morgan fingerprint density at radius 1 is 1.00 bits per heavy atom. The third-order valence-electron chi connectivity index (χ3n) is 5.55. The van der Waals surface area contributed by atoms with Gasteiger partial charge in [0.1, 0.15) is 17.9 Å². The number of hydrogen-bond acceptors (Lipinski definition) is 5. The molecule has 0 aliphatic heterocycles. The molecule has 5 rings (SSSR count). The Kier molecular flexibility index (Phi) is 6.14. The third-order valence-corrected chi connectivity index (χ3v) is 6.46. The zero-order chi connectivity index (χ0) is 23.5. The Morgan fingerprint density at radius 2 is 1.82 bits per heavy atom. The number of thiazole rings is 1. The summed E-state index contributed by atoms with van der Waals surface area (Å²) in [5, 5.41) is 4.30. The summed E-state index contributed by atoms with van der Waals surface area (Å²) in [5.74, 6) is 0.650. The van der Waals surface area contributed by atoms with Crippen LogP contribution >= 0.6 is 11.3 Å². The van der Waals surface area contributed by atoms with Gasteiger partial charge in [-0.1, -0.05) is 60.2 Å². The normalized spacial score (nSPS) is 11.0. The number of aromatic nitrogens is 1. The van der Waals surface area contributed by atoms with Gasteiger partial charge in [0.2, 0.25) is 0 Å². The number of benzene rings is 3. The van der Waals surface area contributed by atoms with E-state index in [1.54, 1.807) is 6.20 Å². The van der Waals surface area contributed by atoms with Crippen molar-refractivity contribution in [3.63, 3.8) is 0 Å². The van der Waals surface area contributed by atoms with Crippen LogP contribution in [0.25, 0.3) is 11.0 Å². The monoisotopic (exact) mass is 468 g/mol. The van der Waals surface area contributed by atoms with Gasteiger partial charge in [0, 0.05) is 28.4 Å². The molecule has 1 amide bonds. The van der Waals surface area contributed by atoms with Crippen LogP contribution in [-0.4, -0.2) is 10.9 Å². The first-order valence-corrected chi connectivity index (χ1v) is 11.9. The van der Waals surface area contributed by atoms with E-state index in [2.05, 4.69) is 41.5 Å². The number of nitrogens with one attached hydrogen (secondary N) is 1. The lowest BCUT2D eigenvalue weighted by molar-refractivity contribution is 0.0995. The highest BCUT2D eigenvalue weighted by molar-refractivity contribution is 7.15. The summed E-state index contributed by atoms with van der Waals surface area (Å²) < 4.78 is 12.0. The van der Waals surface area contributed by atoms with E-state index in [4.69, 9.17) is 9.15 Å². The standard InChI is InChI=1S/C28H24N2O3S/c1-18-10-12-20(13-11-18)15-22-16-29-28(34-22)30-27(31)26-24(23-8-3-4-9-25(23)33-26)17-32-21-7-5-6-19(2)14-21/h3-14,16H,15,17H2,1-2H3,(H,29,30,31). The Balaban J connectivity index is 1.35. The molecule has 0 fully saturated rings. The summed E-state index contributed by atoms with van der Waals surface area (Å²) in [7, 11) is 0. The van der Waals surface area contributed by atoms with Crippen molar-refractivity contribution < 1.29 is 13.9 Å². The Morgan fingerprint density at radius 3 is 2.65 bits per heavy atom. The van der Waals surface area contributed by atoms with Crippen LogP contribution in [0.5, 0.6) is 5.75 Å². The van der Waals surface area contributed by atoms with E-state index in [1.807, 2.05) is 55.5 Å². The SMILES string of the molecule is Cc1ccc(Cc2cnc(NC(=O)c3oc4ccccc4c3COc3cccc(C)c3)s2)cc1. The van der Waals surface area contributed by atoms with E-state index in [-0.39, 0.29) is 18.3 Å². The van der Waals surface area contributed by atoms with E-state index in [9.17, 15) is 4.79 Å². The predicted octanol–water partition coefficient (Wildman–Crippen LogP) is 6.93. The van der Waals surface area contributed by atoms with Crippen molar-refractivity contribution in [2.45, 2.75) is 26.9 Å². The number of furan rings is 1. The van der Waals surface area contributed by atoms with Gasteiger partial charge in [-0.3, -0.25) is 10.1 Å². The van der Waals surface area contributed by atoms with Crippen molar-refractivity contribution in [3.05, 3.63) is 112 Å². The molecular weight excluding hydrogens is 444 g/mol. The molecule has 0 saturated heterocycles. The maximum atomic E-state index is 13.2. The largest absolute Gasteiger partial charge is 0.489 e. The molecule has 34 heavy (non-hydrogen) atoms. The zero-order valence-corrected chi connectivity index (χ0v) is 19.8. The summed E-state index contributed by atoms with van der Waals surface area (Å²) in [6.07, 6.45) is 2.58. The average Bonchev–Trinajstić information content (AvgIpc) is 3.43. The number of rotatable bonds is 7. The molecule has 5 nitrogen and oxygen atoms in total. The van der Waals surface area contributed by atoms with E-state index in [1.165, 1.54) is 22.5 Å². The van der Waals surface area contributed by atoms with Crippen LogP contribution in [0.15, 0.2) is 83.4 Å². The quantitative estimate of drug-likeness (QED) is 0.281. The van der Waals surface area contributed by atoms with Gasteiger partial charge >= 0.3 is 0 Å². The molecule has 3 aromatic carbocycles. The molecule has 6 heteroatoms. The maximum absolute atomic E-state index is 13.2. The number of hydrogen-bond donors (Lipinski definition) is 1. The van der Waals surface area contributed by atoms with E-state index < -0.39 is 0 Å². The maximum Gasteiger partial charge on any atom is 0.293 e. The second kappa shape index (κ2) is 9.53. The smallest absolute Gasteiger partial charge is 0.293 e. The van der Waals surface area contributed by atoms with Gasteiger partial charge in [-0.2, -0.15) is 0 Å². The zero-order valence-electron chi connectivity index (χ0n) is 19.0. The van der Waals surface area contributed by atoms with Gasteiger partial charge < -0.3 is 9.15 Å². The molecule has 5 aromatic rings. The molecule has 0 atom stereocenters. The average molecular weight is 469 g/mol. The van der Waals surface area contributed by atoms with Gasteiger partial charge in [-0.05, 0) is 43.2 Å². The molecule has 170 valence electrons. The number of ether oxygens (including phenoxy) is 1. The number of carbonyl (C=O) groups excluding carboxylic acids is 1. The number of aryl methyl sites for hydroxylation is 2. The first kappa shape index (κ1) is 21.9. The van der Waals surface area contributed by atoms with E-state index in [0.717, 1.165) is 28.0 Å². The fourth-order valence-electron chi connectivity index (χ4n) is 3.79. The highest BCUT2D eigenvalue weighted by Gasteiger charge is 2.22. The number of para-hydroxylation sites is 1. The van der Waals surface area contributed by atoms with E-state index in [0.29, 0.717) is 16.3 Å². The molecule has 1 N–H and O–H groups in total. The second-order valence-corrected chi connectivity index (χ2v) is 9.37. The summed E-state index contributed by atoms with van der Waals surface area (Å²) in [4.78, 5) is 18.7. The van der Waals surface area contributed by atoms with Crippen molar-refractivity contribution in [3.8, 4) is 5.75 Å². The van der Waals surface area contributed by atoms with Gasteiger partial charge in [0.05, 0.1) is 0 Å². The molecule has 0 spiro atoms. The van der Waals surface area contributed by atoms with Gasteiger partial charge in [-0.15, -0.1) is 11.3 Å². The first-order chi connectivity index (χ1) is 16.5. The first-order valence-electron chi connectivity index (χ1n) is 11.1. The van der Waals surface area contributed by atoms with Crippen LogP contribution in [0.3, 0.4) is 0 Å². The molecule has 0 radical (unpaired) electrons. The van der Waals surface area contributed by atoms with Crippen molar-refractivity contribution >= 4 is 33.3 Å². The number of anilines is 1. The third kappa shape index (κ3) is 4.87. The summed E-state index contributed by atoms with van der Waals surface area (Å²) in [6, 6.07) is 23.9. The fourth-order valence-corrected chi connectivity index (χ4v) is 4.64. The summed E-state index contributed by atoms with van der Waals surface area (Å²) in [5.41, 5.74) is 4.91. The summed E-state index contributed by atoms with van der Waals surface area (Å²) >= 11 is 1.46. The van der Waals surface area contributed by atoms with Crippen LogP contribution in [0.1, 0.15) is 37.7 Å². The summed E-state index contributed by atoms with van der Waals surface area (Å²) in [6.45, 7) is 4.31. The lowest BCUT2D eigenvalue weighted by Gasteiger charge is -2.07. The molecule has 0 aliphatic carbocycles. The van der Waals surface area contributed by atoms with Gasteiger partial charge in [-0.25, -0.2) is 4.98 Å². The predicted molar refractivity (Wildman–Crippen MR) is 136 cm³/mol. The highest BCUT2D eigenvalue weighted by Crippen LogP contribution is 2.29. The second-order valence-electron chi connectivity index (χ2n) is 8.26. The Labute approximate surface area is 202 Å². The van der Waals surface area contributed by atoms with Crippen molar-refractivity contribution in [2.24, 2.45) is 0 Å². The molecule has 0 saturated carbocycles. The van der Waals surface area contributed by atoms with Crippen LogP contribution in [-0.2, 0) is 13.0 Å². The number of carbonyl (C=O) groups is 1. The molecular formula is C28H24N2O3S. The van der Waals surface area contributed by atoms with Crippen LogP contribution in [0.4, 0.5) is 5.13 Å². The lowest BCUT2D eigenvalue weighted by Crippen LogP contribution is -2.13.